The van der Waals surface area contributed by atoms with E-state index in [0.717, 1.165) is 10.9 Å². The first-order valence-corrected chi connectivity index (χ1v) is 11.9. The molecule has 0 saturated carbocycles. The van der Waals surface area contributed by atoms with Gasteiger partial charge in [-0.25, -0.2) is 9.37 Å². The highest BCUT2D eigenvalue weighted by Crippen LogP contribution is 2.33. The Balaban J connectivity index is 1.41. The largest absolute Gasteiger partial charge is 0.493 e. The van der Waals surface area contributed by atoms with Crippen LogP contribution in [0.25, 0.3) is 22.2 Å². The highest BCUT2D eigenvalue weighted by molar-refractivity contribution is 6.07. The molecule has 188 valence electrons. The molecule has 0 radical (unpaired) electrons. The van der Waals surface area contributed by atoms with Crippen molar-refractivity contribution in [2.45, 2.75) is 0 Å². The fourth-order valence-electron chi connectivity index (χ4n) is 4.55. The lowest BCUT2D eigenvalue weighted by molar-refractivity contribution is 0.0536. The quantitative estimate of drug-likeness (QED) is 0.400. The Morgan fingerprint density at radius 3 is 2.11 bits per heavy atom. The van der Waals surface area contributed by atoms with E-state index in [1.54, 1.807) is 24.0 Å². The van der Waals surface area contributed by atoms with E-state index in [1.165, 1.54) is 24.3 Å². The molecular formula is C29H26FN3O4. The fraction of sp³-hybridized carbons (Fsp3) is 0.207. The summed E-state index contributed by atoms with van der Waals surface area (Å²) in [5.74, 6) is 0.511. The monoisotopic (exact) mass is 499 g/mol. The van der Waals surface area contributed by atoms with Crippen LogP contribution in [-0.2, 0) is 0 Å². The second kappa shape index (κ2) is 10.3. The number of rotatable bonds is 5. The van der Waals surface area contributed by atoms with Crippen molar-refractivity contribution < 1.29 is 23.5 Å². The minimum absolute atomic E-state index is 0.116. The van der Waals surface area contributed by atoms with Crippen LogP contribution >= 0.6 is 0 Å². The van der Waals surface area contributed by atoms with Crippen molar-refractivity contribution in [3.8, 4) is 22.8 Å². The van der Waals surface area contributed by atoms with Crippen LogP contribution in [0, 0.1) is 5.82 Å². The summed E-state index contributed by atoms with van der Waals surface area (Å²) in [6.45, 7) is 1.59. The zero-order valence-electron chi connectivity index (χ0n) is 20.6. The number of amides is 2. The van der Waals surface area contributed by atoms with E-state index in [-0.39, 0.29) is 17.6 Å². The zero-order chi connectivity index (χ0) is 25.9. The second-order valence-electron chi connectivity index (χ2n) is 8.73. The normalized spacial score (nSPS) is 13.5. The Morgan fingerprint density at radius 1 is 0.784 bits per heavy atom. The molecule has 2 amide bonds. The van der Waals surface area contributed by atoms with Crippen molar-refractivity contribution in [3.63, 3.8) is 0 Å². The van der Waals surface area contributed by atoms with Crippen LogP contribution in [-0.4, -0.2) is 67.0 Å². The molecule has 2 heterocycles. The number of benzene rings is 3. The molecule has 5 rings (SSSR count). The second-order valence-corrected chi connectivity index (χ2v) is 8.73. The van der Waals surface area contributed by atoms with Crippen LogP contribution in [0.5, 0.6) is 11.5 Å². The number of nitrogens with zero attached hydrogens (tertiary/aromatic N) is 3. The van der Waals surface area contributed by atoms with Gasteiger partial charge in [-0.3, -0.25) is 9.59 Å². The topological polar surface area (TPSA) is 72.0 Å². The Bertz CT molecular complexity index is 1460. The van der Waals surface area contributed by atoms with Crippen LogP contribution in [0.15, 0.2) is 72.8 Å². The molecule has 37 heavy (non-hydrogen) atoms. The summed E-state index contributed by atoms with van der Waals surface area (Å²) in [7, 11) is 3.15. The van der Waals surface area contributed by atoms with Gasteiger partial charge in [-0.15, -0.1) is 0 Å². The Labute approximate surface area is 214 Å². The van der Waals surface area contributed by atoms with Gasteiger partial charge >= 0.3 is 0 Å². The number of hydrogen-bond donors (Lipinski definition) is 0. The number of piperazine rings is 1. The summed E-state index contributed by atoms with van der Waals surface area (Å²) < 4.78 is 24.0. The highest BCUT2D eigenvalue weighted by Gasteiger charge is 2.27. The van der Waals surface area contributed by atoms with Gasteiger partial charge in [0.05, 0.1) is 31.0 Å². The molecule has 8 heteroatoms. The summed E-state index contributed by atoms with van der Waals surface area (Å²) in [5.41, 5.74) is 3.14. The van der Waals surface area contributed by atoms with E-state index in [2.05, 4.69) is 0 Å². The van der Waals surface area contributed by atoms with Gasteiger partial charge in [-0.05, 0) is 54.6 Å². The van der Waals surface area contributed by atoms with Crippen LogP contribution < -0.4 is 9.47 Å². The molecule has 1 fully saturated rings. The van der Waals surface area contributed by atoms with Gasteiger partial charge in [0.15, 0.2) is 11.5 Å². The molecule has 1 saturated heterocycles. The van der Waals surface area contributed by atoms with Crippen LogP contribution in [0.3, 0.4) is 0 Å². The standard InChI is InChI=1S/C29H26FN3O4/c1-36-26-12-9-20(17-27(26)37-2)25-18-23(22-5-3-4-6-24(22)31-25)29(35)33-15-13-32(14-16-33)28(34)19-7-10-21(30)11-8-19/h3-12,17-18H,13-16H2,1-2H3. The van der Waals surface area contributed by atoms with Gasteiger partial charge in [0.2, 0.25) is 0 Å². The van der Waals surface area contributed by atoms with Gasteiger partial charge in [0.25, 0.3) is 11.8 Å². The molecule has 3 aromatic carbocycles. The van der Waals surface area contributed by atoms with Crippen molar-refractivity contribution >= 4 is 22.7 Å². The van der Waals surface area contributed by atoms with Gasteiger partial charge < -0.3 is 19.3 Å². The lowest BCUT2D eigenvalue weighted by atomic mass is 10.0. The van der Waals surface area contributed by atoms with Crippen molar-refractivity contribution in [1.29, 1.82) is 0 Å². The van der Waals surface area contributed by atoms with Crippen molar-refractivity contribution in [2.24, 2.45) is 0 Å². The first-order chi connectivity index (χ1) is 18.0. The predicted molar refractivity (Wildman–Crippen MR) is 138 cm³/mol. The van der Waals surface area contributed by atoms with E-state index in [0.29, 0.717) is 60.0 Å². The molecule has 7 nitrogen and oxygen atoms in total. The number of pyridine rings is 1. The van der Waals surface area contributed by atoms with Crippen LogP contribution in [0.1, 0.15) is 20.7 Å². The third-order valence-electron chi connectivity index (χ3n) is 6.57. The summed E-state index contributed by atoms with van der Waals surface area (Å²) >= 11 is 0. The molecule has 1 aliphatic rings. The SMILES string of the molecule is COc1ccc(-c2cc(C(=O)N3CCN(C(=O)c4ccc(F)cc4)CC3)c3ccccc3n2)cc1OC. The Morgan fingerprint density at radius 2 is 1.43 bits per heavy atom. The minimum atomic E-state index is -0.385. The highest BCUT2D eigenvalue weighted by atomic mass is 19.1. The molecule has 0 atom stereocenters. The predicted octanol–water partition coefficient (Wildman–Crippen LogP) is 4.66. The molecule has 0 N–H and O–H groups in total. The maximum absolute atomic E-state index is 13.7. The number of hydrogen-bond acceptors (Lipinski definition) is 5. The van der Waals surface area contributed by atoms with Crippen LogP contribution in [0.4, 0.5) is 4.39 Å². The summed E-state index contributed by atoms with van der Waals surface area (Å²) in [6.07, 6.45) is 0. The summed E-state index contributed by atoms with van der Waals surface area (Å²) in [5, 5.41) is 0.765. The Hall–Kier alpha value is -4.46. The molecule has 1 aromatic heterocycles. The lowest BCUT2D eigenvalue weighted by Gasteiger charge is -2.35. The van der Waals surface area contributed by atoms with Crippen molar-refractivity contribution in [2.75, 3.05) is 40.4 Å². The zero-order valence-corrected chi connectivity index (χ0v) is 20.6. The van der Waals surface area contributed by atoms with Gasteiger partial charge in [-0.2, -0.15) is 0 Å². The van der Waals surface area contributed by atoms with Crippen molar-refractivity contribution in [3.05, 3.63) is 89.7 Å². The molecule has 0 bridgehead atoms. The maximum atomic E-state index is 13.7. The molecule has 4 aromatic rings. The number of para-hydroxylation sites is 1. The average Bonchev–Trinajstić information content (AvgIpc) is 2.96. The number of halogens is 1. The summed E-state index contributed by atoms with van der Waals surface area (Å²) in [4.78, 5) is 34.8. The smallest absolute Gasteiger partial charge is 0.254 e. The molecule has 0 spiro atoms. The van der Waals surface area contributed by atoms with Gasteiger partial charge in [0, 0.05) is 42.7 Å². The Kier molecular flexibility index (Phi) is 6.72. The third kappa shape index (κ3) is 4.82. The molecule has 0 aliphatic carbocycles. The van der Waals surface area contributed by atoms with E-state index in [9.17, 15) is 14.0 Å². The summed E-state index contributed by atoms with van der Waals surface area (Å²) in [6, 6.07) is 20.4. The molecule has 1 aliphatic heterocycles. The number of aromatic nitrogens is 1. The van der Waals surface area contributed by atoms with E-state index >= 15 is 0 Å². The maximum Gasteiger partial charge on any atom is 0.254 e. The number of ether oxygens (including phenoxy) is 2. The first-order valence-electron chi connectivity index (χ1n) is 11.9. The van der Waals surface area contributed by atoms with E-state index in [4.69, 9.17) is 14.5 Å². The fourth-order valence-corrected chi connectivity index (χ4v) is 4.55. The van der Waals surface area contributed by atoms with Gasteiger partial charge in [0.1, 0.15) is 5.82 Å². The minimum Gasteiger partial charge on any atom is -0.493 e. The van der Waals surface area contributed by atoms with Crippen LogP contribution in [0.2, 0.25) is 0 Å². The van der Waals surface area contributed by atoms with Crippen molar-refractivity contribution in [1.82, 2.24) is 14.8 Å². The average molecular weight is 500 g/mol. The number of carbonyl (C=O) groups excluding carboxylic acids is 2. The number of fused-ring (bicyclic) bond motifs is 1. The first kappa shape index (κ1) is 24.2. The molecule has 0 unspecified atom stereocenters. The van der Waals surface area contributed by atoms with E-state index < -0.39 is 0 Å². The van der Waals surface area contributed by atoms with E-state index in [1.807, 2.05) is 48.5 Å². The lowest BCUT2D eigenvalue weighted by Crippen LogP contribution is -2.50. The van der Waals surface area contributed by atoms with Gasteiger partial charge in [-0.1, -0.05) is 18.2 Å². The third-order valence-corrected chi connectivity index (χ3v) is 6.57. The molecular weight excluding hydrogens is 473 g/mol. The number of carbonyl (C=O) groups is 2. The number of methoxy groups -OCH3 is 2.